The number of hydrogen-bond donors (Lipinski definition) is 0. The van der Waals surface area contributed by atoms with Gasteiger partial charge in [-0.2, -0.15) is 0 Å². The molecule has 0 unspecified atom stereocenters. The smallest absolute Gasteiger partial charge is 0.160 e. The lowest BCUT2D eigenvalue weighted by Crippen LogP contribution is -2.15. The van der Waals surface area contributed by atoms with Crippen molar-refractivity contribution >= 4 is 98.4 Å². The van der Waals surface area contributed by atoms with Crippen LogP contribution in [-0.4, -0.2) is 29.1 Å². The summed E-state index contributed by atoms with van der Waals surface area (Å²) in [6.45, 7) is 9.45. The predicted octanol–water partition coefficient (Wildman–Crippen LogP) is 25.0. The number of aromatic nitrogens is 6. The third-order valence-corrected chi connectivity index (χ3v) is 22.1. The number of rotatable bonds is 7. The molecule has 20 aromatic rings. The molecule has 0 aliphatic heterocycles. The van der Waals surface area contributed by atoms with Crippen LogP contribution in [0.5, 0.6) is 0 Å². The second kappa shape index (κ2) is 22.6. The first-order valence-corrected chi connectivity index (χ1v) is 35.7. The van der Waals surface area contributed by atoms with E-state index in [-0.39, 0.29) is 10.8 Å². The fourth-order valence-electron chi connectivity index (χ4n) is 17.4. The van der Waals surface area contributed by atoms with Gasteiger partial charge in [0.1, 0.15) is 22.3 Å². The lowest BCUT2D eigenvalue weighted by molar-refractivity contribution is 0.657. The Morgan fingerprint density at radius 2 is 0.692 bits per heavy atom. The third kappa shape index (κ3) is 8.98. The van der Waals surface area contributed by atoms with Gasteiger partial charge >= 0.3 is 0 Å². The molecule has 0 bridgehead atoms. The second-order valence-electron chi connectivity index (χ2n) is 28.8. The summed E-state index contributed by atoms with van der Waals surface area (Å²) in [4.78, 5) is 20.5. The van der Waals surface area contributed by atoms with Crippen molar-refractivity contribution in [1.29, 1.82) is 0 Å². The Hall–Kier alpha value is -13.3. The van der Waals surface area contributed by atoms with Crippen LogP contribution in [0.1, 0.15) is 49.9 Å². The van der Waals surface area contributed by atoms with Gasteiger partial charge in [0.2, 0.25) is 0 Å². The van der Waals surface area contributed by atoms with Gasteiger partial charge in [-0.3, -0.25) is 0 Å². The van der Waals surface area contributed by atoms with E-state index in [4.69, 9.17) is 28.8 Å². The lowest BCUT2D eigenvalue weighted by atomic mass is 9.80. The third-order valence-electron chi connectivity index (χ3n) is 22.1. The Morgan fingerprint density at radius 1 is 0.269 bits per heavy atom. The van der Waals surface area contributed by atoms with Crippen molar-refractivity contribution in [1.82, 2.24) is 29.1 Å². The Bertz CT molecular complexity index is 6920. The Kier molecular flexibility index (Phi) is 12.9. The van der Waals surface area contributed by atoms with Crippen LogP contribution < -0.4 is 0 Å². The van der Waals surface area contributed by atoms with Gasteiger partial charge in [-0.05, 0) is 142 Å². The number of furan rings is 2. The minimum Gasteiger partial charge on any atom is -0.456 e. The molecule has 14 aromatic carbocycles. The van der Waals surface area contributed by atoms with E-state index in [2.05, 4.69) is 304 Å². The summed E-state index contributed by atoms with van der Waals surface area (Å²) in [5.74, 6) is 1.42. The summed E-state index contributed by atoms with van der Waals surface area (Å²) in [6, 6.07) is 112. The first-order valence-electron chi connectivity index (χ1n) is 35.7. The van der Waals surface area contributed by atoms with E-state index < -0.39 is 0 Å². The molecular formula is C96H64N6O2. The first-order chi connectivity index (χ1) is 51.1. The van der Waals surface area contributed by atoms with Crippen LogP contribution in [0.4, 0.5) is 0 Å². The standard InChI is InChI=1S/C49H33N3O.C47H31N3O/c1-49(2)39-28-43-38(27-37(39)35-24-25-45-46(47(35)49)36-21-10-12-23-44(36)53-45)34-20-9-11-22-42(34)52(43)33-19-13-18-32(26-33)41-29-40(30-14-5-3-6-15-30)50-48(51-41)31-16-7-4-8-17-31;1-47(2)37-27-40-36(26-35(37)32-23-24-42-43(44(32)47)34-19-8-11-22-41(34)51-42)31-17-7-10-21-39(31)50(40)30-16-12-15-29(25-30)46-48-38-20-9-6-18-33(38)45(49-46)28-13-4-3-5-14-28/h3-29H,1-2H3;3-27H,1-2H3. The van der Waals surface area contributed by atoms with Gasteiger partial charge in [0, 0.05) is 98.5 Å². The average Bonchev–Trinajstić information content (AvgIpc) is 1.54. The van der Waals surface area contributed by atoms with Gasteiger partial charge in [0.05, 0.1) is 44.7 Å². The highest BCUT2D eigenvalue weighted by Gasteiger charge is 2.41. The minimum atomic E-state index is -0.239. The molecule has 8 nitrogen and oxygen atoms in total. The molecule has 0 N–H and O–H groups in total. The molecule has 0 saturated carbocycles. The molecule has 0 spiro atoms. The van der Waals surface area contributed by atoms with Gasteiger partial charge < -0.3 is 18.0 Å². The van der Waals surface area contributed by atoms with Crippen LogP contribution >= 0.6 is 0 Å². The summed E-state index contributed by atoms with van der Waals surface area (Å²) in [7, 11) is 0. The molecule has 2 aliphatic carbocycles. The quantitative estimate of drug-likeness (QED) is 0.158. The largest absolute Gasteiger partial charge is 0.456 e. The zero-order chi connectivity index (χ0) is 69.1. The lowest BCUT2D eigenvalue weighted by Gasteiger charge is -2.22. The summed E-state index contributed by atoms with van der Waals surface area (Å²) >= 11 is 0. The van der Waals surface area contributed by atoms with Gasteiger partial charge in [-0.15, -0.1) is 0 Å². The van der Waals surface area contributed by atoms with Crippen LogP contribution in [0.2, 0.25) is 0 Å². The van der Waals surface area contributed by atoms with Gasteiger partial charge in [-0.1, -0.05) is 246 Å². The van der Waals surface area contributed by atoms with Crippen molar-refractivity contribution in [2.75, 3.05) is 0 Å². The van der Waals surface area contributed by atoms with Crippen LogP contribution in [0.15, 0.2) is 324 Å². The molecule has 6 heterocycles. The normalized spacial score (nSPS) is 13.3. The maximum Gasteiger partial charge on any atom is 0.160 e. The summed E-state index contributed by atoms with van der Waals surface area (Å²) in [6.07, 6.45) is 0. The summed E-state index contributed by atoms with van der Waals surface area (Å²) < 4.78 is 17.6. The SMILES string of the molecule is CC1(C)c2cc3c(cc2-c2ccc4oc5ccccc5c4c21)c1ccccc1n3-c1cccc(-c2cc(-c3ccccc3)nc(-c3ccccc3)n2)c1.CC1(C)c2cc3c(cc2-c2ccc4oc5ccccc5c4c21)c1ccccc1n3-c1cccc(-c2nc(-c3ccccc3)c3ccccc3n2)c1. The Morgan fingerprint density at radius 3 is 1.24 bits per heavy atom. The monoisotopic (exact) mass is 1330 g/mol. The predicted molar refractivity (Wildman–Crippen MR) is 427 cm³/mol. The molecule has 0 amide bonds. The first kappa shape index (κ1) is 59.6. The van der Waals surface area contributed by atoms with Crippen molar-refractivity contribution < 1.29 is 8.83 Å². The maximum atomic E-state index is 6.37. The highest BCUT2D eigenvalue weighted by molar-refractivity contribution is 6.17. The number of fused-ring (bicyclic) bond motifs is 21. The van der Waals surface area contributed by atoms with Crippen molar-refractivity contribution in [2.24, 2.45) is 0 Å². The van der Waals surface area contributed by atoms with Crippen molar-refractivity contribution in [3.05, 3.63) is 338 Å². The Labute approximate surface area is 599 Å². The molecule has 0 radical (unpaired) electrons. The summed E-state index contributed by atoms with van der Waals surface area (Å²) in [5, 5.41) is 10.8. The minimum absolute atomic E-state index is 0.235. The number of benzene rings is 14. The highest BCUT2D eigenvalue weighted by atomic mass is 16.3. The topological polar surface area (TPSA) is 87.7 Å². The molecule has 104 heavy (non-hydrogen) atoms. The maximum absolute atomic E-state index is 6.37. The molecule has 22 rings (SSSR count). The number of nitrogens with zero attached hydrogens (tertiary/aromatic N) is 6. The molecule has 8 heteroatoms. The summed E-state index contributed by atoms with van der Waals surface area (Å²) in [5.41, 5.74) is 29.5. The van der Waals surface area contributed by atoms with Crippen LogP contribution in [0, 0.1) is 0 Å². The molecule has 6 aromatic heterocycles. The average molecular weight is 1330 g/mol. The van der Waals surface area contributed by atoms with E-state index in [1.165, 1.54) is 110 Å². The van der Waals surface area contributed by atoms with Crippen molar-refractivity contribution in [2.45, 2.75) is 38.5 Å². The van der Waals surface area contributed by atoms with E-state index in [1.54, 1.807) is 0 Å². The fraction of sp³-hybridized carbons (Fsp3) is 0.0625. The molecule has 0 fully saturated rings. The van der Waals surface area contributed by atoms with Crippen molar-refractivity contribution in [3.8, 4) is 90.2 Å². The highest BCUT2D eigenvalue weighted by Crippen LogP contribution is 2.57. The molecule has 490 valence electrons. The fourth-order valence-corrected chi connectivity index (χ4v) is 17.4. The van der Waals surface area contributed by atoms with E-state index in [1.807, 2.05) is 48.5 Å². The molecular weight excluding hydrogens is 1270 g/mol. The van der Waals surface area contributed by atoms with Crippen LogP contribution in [-0.2, 0) is 10.8 Å². The van der Waals surface area contributed by atoms with E-state index >= 15 is 0 Å². The van der Waals surface area contributed by atoms with Gasteiger partial charge in [0.15, 0.2) is 11.6 Å². The number of hydrogen-bond acceptors (Lipinski definition) is 6. The zero-order valence-corrected chi connectivity index (χ0v) is 57.5. The molecule has 2 aliphatic rings. The number of para-hydroxylation sites is 5. The van der Waals surface area contributed by atoms with Crippen LogP contribution in [0.25, 0.3) is 189 Å². The molecule has 0 atom stereocenters. The zero-order valence-electron chi connectivity index (χ0n) is 57.5. The van der Waals surface area contributed by atoms with E-state index in [0.29, 0.717) is 11.6 Å². The van der Waals surface area contributed by atoms with E-state index in [9.17, 15) is 0 Å². The molecule has 0 saturated heterocycles. The van der Waals surface area contributed by atoms with E-state index in [0.717, 1.165) is 89.5 Å². The van der Waals surface area contributed by atoms with Gasteiger partial charge in [-0.25, -0.2) is 19.9 Å². The van der Waals surface area contributed by atoms with Crippen LogP contribution in [0.3, 0.4) is 0 Å². The second-order valence-corrected chi connectivity index (χ2v) is 28.8. The van der Waals surface area contributed by atoms with Gasteiger partial charge in [0.25, 0.3) is 0 Å². The Balaban J connectivity index is 0.000000134. The van der Waals surface area contributed by atoms with Crippen molar-refractivity contribution in [3.63, 3.8) is 0 Å².